The van der Waals surface area contributed by atoms with Gasteiger partial charge in [0, 0.05) is 30.5 Å². The molecule has 0 bridgehead atoms. The molecule has 0 aliphatic carbocycles. The van der Waals surface area contributed by atoms with Crippen LogP contribution in [0.25, 0.3) is 10.8 Å². The highest BCUT2D eigenvalue weighted by molar-refractivity contribution is 7.80. The maximum absolute atomic E-state index is 12.9. The number of aromatic hydroxyl groups is 2. The standard InChI is InChI=1S/C22H16O12.C19H17NOS/c1-8-5-12(24)10(6-23)19-15(8)22(31)34-20-11(7-32-14(27)4-3-13(25)26)17(28)16(21(29)30)9(2)18(20)33-19;1-14-6-5-9-17(12-14)20(2)19(22)21-18-11-10-15-7-3-4-8-16(15)13-18/h3-6,24,28H,7H2,1-2H3,(H,25,26)(H,29,30);3-13H,1-2H3. The molecule has 5 aromatic rings. The third-order valence-corrected chi connectivity index (χ3v) is 8.82. The molecule has 5 aromatic carbocycles. The van der Waals surface area contributed by atoms with Gasteiger partial charge in [-0.3, -0.25) is 4.79 Å². The summed E-state index contributed by atoms with van der Waals surface area (Å²) in [4.78, 5) is 60.5. The molecule has 0 atom stereocenters. The fourth-order valence-corrected chi connectivity index (χ4v) is 5.86. The van der Waals surface area contributed by atoms with Crippen LogP contribution in [0.1, 0.15) is 53.3 Å². The Morgan fingerprint density at radius 2 is 1.57 bits per heavy atom. The topological polar surface area (TPSA) is 206 Å². The van der Waals surface area contributed by atoms with Gasteiger partial charge in [0.2, 0.25) is 0 Å². The predicted molar refractivity (Wildman–Crippen MR) is 206 cm³/mol. The van der Waals surface area contributed by atoms with Gasteiger partial charge in [0.15, 0.2) is 23.5 Å². The quantitative estimate of drug-likeness (QED) is 0.0404. The summed E-state index contributed by atoms with van der Waals surface area (Å²) >= 11 is 5.41. The maximum Gasteiger partial charge on any atom is 0.347 e. The van der Waals surface area contributed by atoms with Gasteiger partial charge < -0.3 is 44.3 Å². The molecule has 0 aromatic heterocycles. The van der Waals surface area contributed by atoms with E-state index < -0.39 is 70.2 Å². The smallest absolute Gasteiger partial charge is 0.347 e. The van der Waals surface area contributed by atoms with Crippen LogP contribution in [0.2, 0.25) is 0 Å². The largest absolute Gasteiger partial charge is 0.507 e. The van der Waals surface area contributed by atoms with E-state index in [-0.39, 0.29) is 28.7 Å². The SMILES string of the molecule is Cc1cc(O)c(C=O)c2c1C(=O)Oc1c(COC(=O)C=CC(=O)O)c(O)c(C(=O)O)c(C)c1O2.Cc1cccc(N(C)C(=S)Oc2ccc3ccccc3c2)c1. The number of ether oxygens (including phenoxy) is 4. The van der Waals surface area contributed by atoms with Crippen molar-refractivity contribution in [2.45, 2.75) is 27.4 Å². The summed E-state index contributed by atoms with van der Waals surface area (Å²) in [5, 5.41) is 41.7. The molecule has 6 rings (SSSR count). The third-order valence-electron chi connectivity index (χ3n) is 8.46. The highest BCUT2D eigenvalue weighted by Crippen LogP contribution is 2.50. The number of benzene rings is 5. The van der Waals surface area contributed by atoms with Crippen LogP contribution >= 0.6 is 12.2 Å². The number of rotatable bonds is 8. The normalized spacial score (nSPS) is 11.5. The molecule has 0 unspecified atom stereocenters. The van der Waals surface area contributed by atoms with E-state index in [0.717, 1.165) is 22.9 Å². The van der Waals surface area contributed by atoms with Crippen LogP contribution < -0.4 is 19.1 Å². The Morgan fingerprint density at radius 3 is 2.23 bits per heavy atom. The molecular formula is C41H33NO13S. The van der Waals surface area contributed by atoms with Crippen molar-refractivity contribution in [3.8, 4) is 34.5 Å². The number of carbonyl (C=O) groups is 5. The number of anilines is 1. The summed E-state index contributed by atoms with van der Waals surface area (Å²) in [6, 6.07) is 23.5. The van der Waals surface area contributed by atoms with Gasteiger partial charge in [0.25, 0.3) is 5.17 Å². The highest BCUT2D eigenvalue weighted by Gasteiger charge is 2.36. The van der Waals surface area contributed by atoms with Gasteiger partial charge in [0.1, 0.15) is 35.0 Å². The zero-order chi connectivity index (χ0) is 40.8. The lowest BCUT2D eigenvalue weighted by Crippen LogP contribution is -2.29. The second-order valence-electron chi connectivity index (χ2n) is 12.3. The molecule has 0 saturated heterocycles. The van der Waals surface area contributed by atoms with Crippen molar-refractivity contribution in [3.05, 3.63) is 124 Å². The number of carbonyl (C=O) groups excluding carboxylic acids is 3. The fourth-order valence-electron chi connectivity index (χ4n) is 5.66. The molecule has 0 radical (unpaired) electrons. The lowest BCUT2D eigenvalue weighted by Gasteiger charge is -2.20. The number of fused-ring (bicyclic) bond motifs is 3. The van der Waals surface area contributed by atoms with Crippen LogP contribution in [0.15, 0.2) is 84.9 Å². The highest BCUT2D eigenvalue weighted by atomic mass is 32.1. The first-order chi connectivity index (χ1) is 26.6. The van der Waals surface area contributed by atoms with Crippen molar-refractivity contribution in [3.63, 3.8) is 0 Å². The van der Waals surface area contributed by atoms with Crippen LogP contribution in [0.4, 0.5) is 5.69 Å². The number of hydrogen-bond donors (Lipinski definition) is 4. The molecule has 1 aliphatic heterocycles. The molecule has 286 valence electrons. The minimum absolute atomic E-state index is 0.169. The number of aldehydes is 1. The number of phenolic OH excluding ortho intramolecular Hbond substituents is 1. The van der Waals surface area contributed by atoms with E-state index in [2.05, 4.69) is 31.2 Å². The van der Waals surface area contributed by atoms with Crippen LogP contribution in [0.3, 0.4) is 0 Å². The molecule has 14 nitrogen and oxygen atoms in total. The summed E-state index contributed by atoms with van der Waals surface area (Å²) in [5.74, 6) is -7.16. The minimum Gasteiger partial charge on any atom is -0.507 e. The van der Waals surface area contributed by atoms with Gasteiger partial charge in [0.05, 0.1) is 11.1 Å². The maximum atomic E-state index is 12.9. The Labute approximate surface area is 324 Å². The number of esters is 2. The summed E-state index contributed by atoms with van der Waals surface area (Å²) in [6.45, 7) is 3.89. The van der Waals surface area contributed by atoms with E-state index in [4.69, 9.17) is 36.3 Å². The number of thiocarbonyl (C=S) groups is 1. The van der Waals surface area contributed by atoms with Gasteiger partial charge in [-0.2, -0.15) is 0 Å². The Kier molecular flexibility index (Phi) is 12.0. The number of nitrogens with zero attached hydrogens (tertiary/aromatic N) is 1. The molecule has 1 aliphatic rings. The van der Waals surface area contributed by atoms with Crippen LogP contribution in [-0.4, -0.2) is 62.8 Å². The molecule has 0 spiro atoms. The Hall–Kier alpha value is -7.26. The van der Waals surface area contributed by atoms with Crippen molar-refractivity contribution in [2.75, 3.05) is 11.9 Å². The molecule has 56 heavy (non-hydrogen) atoms. The lowest BCUT2D eigenvalue weighted by atomic mass is 10.0. The second-order valence-corrected chi connectivity index (χ2v) is 12.6. The van der Waals surface area contributed by atoms with E-state index in [9.17, 15) is 39.3 Å². The summed E-state index contributed by atoms with van der Waals surface area (Å²) in [5.41, 5.74) is 0.410. The molecule has 0 fully saturated rings. The van der Waals surface area contributed by atoms with Gasteiger partial charge in [-0.1, -0.05) is 42.5 Å². The van der Waals surface area contributed by atoms with Crippen molar-refractivity contribution in [1.29, 1.82) is 0 Å². The monoisotopic (exact) mass is 779 g/mol. The molecule has 15 heteroatoms. The van der Waals surface area contributed by atoms with Crippen molar-refractivity contribution < 1.29 is 63.3 Å². The number of carboxylic acids is 2. The second kappa shape index (κ2) is 16.8. The lowest BCUT2D eigenvalue weighted by molar-refractivity contribution is -0.139. The summed E-state index contributed by atoms with van der Waals surface area (Å²) in [7, 11) is 1.91. The molecule has 0 amide bonds. The number of hydrogen-bond acceptors (Lipinski definition) is 12. The first-order valence-electron chi connectivity index (χ1n) is 16.5. The fraction of sp³-hybridized carbons (Fsp3) is 0.122. The number of aliphatic carboxylic acids is 1. The zero-order valence-electron chi connectivity index (χ0n) is 30.2. The summed E-state index contributed by atoms with van der Waals surface area (Å²) in [6.07, 6.45) is 1.30. The number of aromatic carboxylic acids is 1. The van der Waals surface area contributed by atoms with Gasteiger partial charge in [-0.05, 0) is 85.2 Å². The first-order valence-corrected chi connectivity index (χ1v) is 16.9. The average molecular weight is 780 g/mol. The van der Waals surface area contributed by atoms with E-state index in [0.29, 0.717) is 17.3 Å². The van der Waals surface area contributed by atoms with Crippen LogP contribution in [0, 0.1) is 20.8 Å². The Morgan fingerprint density at radius 1 is 0.857 bits per heavy atom. The molecule has 1 heterocycles. The van der Waals surface area contributed by atoms with E-state index in [1.807, 2.05) is 54.4 Å². The Balaban J connectivity index is 0.000000234. The van der Waals surface area contributed by atoms with Gasteiger partial charge >= 0.3 is 23.9 Å². The average Bonchev–Trinajstić information content (AvgIpc) is 3.30. The van der Waals surface area contributed by atoms with E-state index in [1.54, 1.807) is 0 Å². The molecule has 4 N–H and O–H groups in total. The Bertz CT molecular complexity index is 2470. The first kappa shape index (κ1) is 39.9. The van der Waals surface area contributed by atoms with Crippen LogP contribution in [0.5, 0.6) is 34.5 Å². The summed E-state index contributed by atoms with van der Waals surface area (Å²) < 4.78 is 21.8. The van der Waals surface area contributed by atoms with Crippen molar-refractivity contribution in [1.82, 2.24) is 0 Å². The number of aryl methyl sites for hydroxylation is 2. The predicted octanol–water partition coefficient (Wildman–Crippen LogP) is 7.18. The molecule has 0 saturated carbocycles. The van der Waals surface area contributed by atoms with Crippen molar-refractivity contribution in [2.24, 2.45) is 0 Å². The minimum atomic E-state index is -1.60. The van der Waals surface area contributed by atoms with Crippen LogP contribution in [-0.2, 0) is 20.9 Å². The number of phenols is 2. The van der Waals surface area contributed by atoms with Crippen molar-refractivity contribution >= 4 is 64.0 Å². The zero-order valence-corrected chi connectivity index (χ0v) is 31.0. The van der Waals surface area contributed by atoms with E-state index >= 15 is 0 Å². The third kappa shape index (κ3) is 8.58. The van der Waals surface area contributed by atoms with Gasteiger partial charge in [-0.25, -0.2) is 19.2 Å². The van der Waals surface area contributed by atoms with E-state index in [1.165, 1.54) is 24.8 Å². The molecular weight excluding hydrogens is 747 g/mol. The number of carboxylic acid groups (broad SMARTS) is 2. The van der Waals surface area contributed by atoms with Gasteiger partial charge in [-0.15, -0.1) is 0 Å².